The summed E-state index contributed by atoms with van der Waals surface area (Å²) in [6.45, 7) is 3.58. The van der Waals surface area contributed by atoms with Gasteiger partial charge >= 0.3 is 11.9 Å². The van der Waals surface area contributed by atoms with Gasteiger partial charge in [0.15, 0.2) is 0 Å². The fourth-order valence-corrected chi connectivity index (χ4v) is 1.51. The minimum atomic E-state index is -1.91. The van der Waals surface area contributed by atoms with E-state index in [9.17, 15) is 9.59 Å². The van der Waals surface area contributed by atoms with Crippen molar-refractivity contribution in [1.29, 1.82) is 0 Å². The van der Waals surface area contributed by atoms with Crippen LogP contribution in [0.15, 0.2) is 30.3 Å². The molecule has 0 aliphatic carbocycles. The lowest BCUT2D eigenvalue weighted by molar-refractivity contribution is -0.164. The maximum Gasteiger partial charge on any atom is 0.342 e. The van der Waals surface area contributed by atoms with Crippen molar-refractivity contribution in [2.24, 2.45) is 5.73 Å². The van der Waals surface area contributed by atoms with Crippen LogP contribution in [0.4, 0.5) is 0 Å². The van der Waals surface area contributed by atoms with Crippen molar-refractivity contribution in [3.8, 4) is 0 Å². The number of hydrogen-bond acceptors (Lipinski definition) is 5. The molecule has 0 aliphatic heterocycles. The summed E-state index contributed by atoms with van der Waals surface area (Å²) in [5, 5.41) is 0. The van der Waals surface area contributed by atoms with Gasteiger partial charge < -0.3 is 15.2 Å². The topological polar surface area (TPSA) is 78.6 Å². The SMILES string of the molecule is CCOC(=O)C(N)(C(=O)OCC)c1ccccc1. The summed E-state index contributed by atoms with van der Waals surface area (Å²) < 4.78 is 9.73. The number of carbonyl (C=O) groups is 2. The molecule has 1 aromatic rings. The van der Waals surface area contributed by atoms with E-state index in [1.165, 1.54) is 0 Å². The Morgan fingerprint density at radius 3 is 1.89 bits per heavy atom. The number of nitrogens with two attached hydrogens (primary N) is 1. The predicted octanol–water partition coefficient (Wildman–Crippen LogP) is 0.967. The molecular formula is C13H17NO4. The van der Waals surface area contributed by atoms with Crippen LogP contribution in [0.3, 0.4) is 0 Å². The number of ether oxygens (including phenoxy) is 2. The predicted molar refractivity (Wildman–Crippen MR) is 65.6 cm³/mol. The second kappa shape index (κ2) is 6.16. The van der Waals surface area contributed by atoms with Crippen LogP contribution < -0.4 is 5.73 Å². The Labute approximate surface area is 106 Å². The van der Waals surface area contributed by atoms with Crippen molar-refractivity contribution in [2.45, 2.75) is 19.4 Å². The Hall–Kier alpha value is -1.88. The van der Waals surface area contributed by atoms with E-state index in [0.29, 0.717) is 5.56 Å². The highest BCUT2D eigenvalue weighted by molar-refractivity contribution is 6.05. The van der Waals surface area contributed by atoms with Crippen molar-refractivity contribution < 1.29 is 19.1 Å². The van der Waals surface area contributed by atoms with Crippen LogP contribution in [0.25, 0.3) is 0 Å². The van der Waals surface area contributed by atoms with Gasteiger partial charge in [-0.3, -0.25) is 0 Å². The molecule has 2 N–H and O–H groups in total. The maximum absolute atomic E-state index is 11.9. The molecule has 0 unspecified atom stereocenters. The summed E-state index contributed by atoms with van der Waals surface area (Å²) in [7, 11) is 0. The van der Waals surface area contributed by atoms with Crippen LogP contribution in [0.2, 0.25) is 0 Å². The maximum atomic E-state index is 11.9. The molecular weight excluding hydrogens is 234 g/mol. The zero-order valence-corrected chi connectivity index (χ0v) is 10.5. The Morgan fingerprint density at radius 1 is 1.06 bits per heavy atom. The van der Waals surface area contributed by atoms with E-state index in [4.69, 9.17) is 15.2 Å². The molecule has 0 atom stereocenters. The van der Waals surface area contributed by atoms with Crippen molar-refractivity contribution in [1.82, 2.24) is 0 Å². The van der Waals surface area contributed by atoms with Crippen LogP contribution in [0, 0.1) is 0 Å². The lowest BCUT2D eigenvalue weighted by Crippen LogP contribution is -2.53. The van der Waals surface area contributed by atoms with Crippen molar-refractivity contribution in [2.75, 3.05) is 13.2 Å². The third-order valence-corrected chi connectivity index (χ3v) is 2.42. The molecule has 0 spiro atoms. The number of esters is 2. The zero-order valence-electron chi connectivity index (χ0n) is 10.5. The van der Waals surface area contributed by atoms with Gasteiger partial charge in [-0.05, 0) is 19.4 Å². The van der Waals surface area contributed by atoms with Gasteiger partial charge in [-0.1, -0.05) is 30.3 Å². The van der Waals surface area contributed by atoms with Gasteiger partial charge in [0, 0.05) is 0 Å². The molecule has 18 heavy (non-hydrogen) atoms. The average Bonchev–Trinajstić information content (AvgIpc) is 2.39. The highest BCUT2D eigenvalue weighted by Crippen LogP contribution is 2.22. The molecule has 0 amide bonds. The minimum absolute atomic E-state index is 0.143. The molecule has 0 radical (unpaired) electrons. The lowest BCUT2D eigenvalue weighted by atomic mass is 9.91. The smallest absolute Gasteiger partial charge is 0.342 e. The van der Waals surface area contributed by atoms with Gasteiger partial charge in [0.25, 0.3) is 0 Å². The normalized spacial score (nSPS) is 10.8. The summed E-state index contributed by atoms with van der Waals surface area (Å²) in [5.41, 5.74) is 4.37. The fourth-order valence-electron chi connectivity index (χ4n) is 1.51. The van der Waals surface area contributed by atoms with E-state index in [2.05, 4.69) is 0 Å². The molecule has 1 aromatic carbocycles. The monoisotopic (exact) mass is 251 g/mol. The molecule has 1 rings (SSSR count). The van der Waals surface area contributed by atoms with Crippen LogP contribution in [0.5, 0.6) is 0 Å². The molecule has 0 saturated heterocycles. The first-order valence-electron chi connectivity index (χ1n) is 5.76. The van der Waals surface area contributed by atoms with Crippen molar-refractivity contribution >= 4 is 11.9 Å². The first kappa shape index (κ1) is 14.2. The number of carbonyl (C=O) groups excluding carboxylic acids is 2. The van der Waals surface area contributed by atoms with Gasteiger partial charge in [-0.15, -0.1) is 0 Å². The van der Waals surface area contributed by atoms with Crippen LogP contribution in [-0.2, 0) is 24.6 Å². The molecule has 0 aliphatic rings. The van der Waals surface area contributed by atoms with Gasteiger partial charge in [-0.2, -0.15) is 0 Å². The quantitative estimate of drug-likeness (QED) is 0.623. The Morgan fingerprint density at radius 2 is 1.50 bits per heavy atom. The number of rotatable bonds is 5. The summed E-state index contributed by atoms with van der Waals surface area (Å²) in [5.74, 6) is -1.62. The van der Waals surface area contributed by atoms with Gasteiger partial charge in [0.2, 0.25) is 5.54 Å². The molecule has 5 heteroatoms. The van der Waals surface area contributed by atoms with E-state index >= 15 is 0 Å². The first-order valence-corrected chi connectivity index (χ1v) is 5.76. The Bertz CT molecular complexity index is 398. The second-order valence-corrected chi connectivity index (χ2v) is 3.61. The highest BCUT2D eigenvalue weighted by atomic mass is 16.6. The number of hydrogen-bond donors (Lipinski definition) is 1. The molecule has 0 heterocycles. The first-order chi connectivity index (χ1) is 8.57. The summed E-state index contributed by atoms with van der Waals surface area (Å²) in [6.07, 6.45) is 0. The van der Waals surface area contributed by atoms with E-state index in [0.717, 1.165) is 0 Å². The average molecular weight is 251 g/mol. The minimum Gasteiger partial charge on any atom is -0.464 e. The lowest BCUT2D eigenvalue weighted by Gasteiger charge is -2.25. The van der Waals surface area contributed by atoms with E-state index < -0.39 is 17.5 Å². The summed E-state index contributed by atoms with van der Waals surface area (Å²) in [6, 6.07) is 8.33. The second-order valence-electron chi connectivity index (χ2n) is 3.61. The van der Waals surface area contributed by atoms with E-state index in [1.807, 2.05) is 0 Å². The third-order valence-electron chi connectivity index (χ3n) is 2.42. The summed E-state index contributed by atoms with van der Waals surface area (Å²) in [4.78, 5) is 23.9. The van der Waals surface area contributed by atoms with E-state index in [1.54, 1.807) is 44.2 Å². The summed E-state index contributed by atoms with van der Waals surface area (Å²) >= 11 is 0. The zero-order chi connectivity index (χ0) is 13.6. The van der Waals surface area contributed by atoms with Gasteiger partial charge in [0.1, 0.15) is 0 Å². The van der Waals surface area contributed by atoms with Gasteiger partial charge in [-0.25, -0.2) is 9.59 Å². The van der Waals surface area contributed by atoms with E-state index in [-0.39, 0.29) is 13.2 Å². The fraction of sp³-hybridized carbons (Fsp3) is 0.385. The molecule has 0 aromatic heterocycles. The highest BCUT2D eigenvalue weighted by Gasteiger charge is 2.46. The third kappa shape index (κ3) is 2.68. The van der Waals surface area contributed by atoms with Crippen LogP contribution in [-0.4, -0.2) is 25.2 Å². The standard InChI is InChI=1S/C13H17NO4/c1-3-17-11(15)13(14,12(16)18-4-2)10-8-6-5-7-9-10/h5-9H,3-4,14H2,1-2H3. The Balaban J connectivity index is 3.17. The molecule has 5 nitrogen and oxygen atoms in total. The molecule has 98 valence electrons. The van der Waals surface area contributed by atoms with Crippen LogP contribution >= 0.6 is 0 Å². The Kier molecular flexibility index (Phi) is 4.85. The molecule has 0 fully saturated rings. The molecule has 0 saturated carbocycles. The van der Waals surface area contributed by atoms with Crippen molar-refractivity contribution in [3.05, 3.63) is 35.9 Å². The van der Waals surface area contributed by atoms with Crippen LogP contribution in [0.1, 0.15) is 19.4 Å². The largest absolute Gasteiger partial charge is 0.464 e. The molecule has 0 bridgehead atoms. The number of benzene rings is 1. The van der Waals surface area contributed by atoms with Crippen molar-refractivity contribution in [3.63, 3.8) is 0 Å². The van der Waals surface area contributed by atoms with Gasteiger partial charge in [0.05, 0.1) is 13.2 Å².